The van der Waals surface area contributed by atoms with Crippen LogP contribution in [0.2, 0.25) is 0 Å². The third-order valence-electron chi connectivity index (χ3n) is 2.09. The lowest BCUT2D eigenvalue weighted by molar-refractivity contribution is 0.485. The van der Waals surface area contributed by atoms with Crippen molar-refractivity contribution in [3.63, 3.8) is 0 Å². The molecule has 0 bridgehead atoms. The molecule has 0 saturated carbocycles. The summed E-state index contributed by atoms with van der Waals surface area (Å²) >= 11 is 3.32. The van der Waals surface area contributed by atoms with Gasteiger partial charge in [0.15, 0.2) is 4.60 Å². The van der Waals surface area contributed by atoms with Gasteiger partial charge >= 0.3 is 0 Å². The number of nitrogens with two attached hydrogens (primary N) is 1. The average molecular weight is 216 g/mol. The number of rotatable bonds is 0. The molecule has 0 unspecified atom stereocenters. The maximum Gasteiger partial charge on any atom is 0.151 e. The number of nitrogen functional groups attached to an aromatic ring is 1. The Kier molecular flexibility index (Phi) is 1.64. The molecular formula is C7H10BrN3. The van der Waals surface area contributed by atoms with E-state index in [2.05, 4.69) is 21.0 Å². The minimum absolute atomic E-state index is 0.800. The SMILES string of the molecule is Nc1c(Br)nn2c1CCCC2. The molecule has 0 spiro atoms. The van der Waals surface area contributed by atoms with Crippen LogP contribution in [-0.2, 0) is 13.0 Å². The fourth-order valence-corrected chi connectivity index (χ4v) is 1.90. The van der Waals surface area contributed by atoms with Crippen LogP contribution in [0, 0.1) is 0 Å². The molecule has 1 aliphatic rings. The first-order valence-corrected chi connectivity index (χ1v) is 4.59. The highest BCUT2D eigenvalue weighted by Gasteiger charge is 2.15. The lowest BCUT2D eigenvalue weighted by Crippen LogP contribution is -2.11. The largest absolute Gasteiger partial charge is 0.395 e. The number of anilines is 1. The normalized spacial score (nSPS) is 16.5. The first-order chi connectivity index (χ1) is 5.29. The van der Waals surface area contributed by atoms with E-state index in [0.717, 1.165) is 23.3 Å². The second kappa shape index (κ2) is 2.52. The summed E-state index contributed by atoms with van der Waals surface area (Å²) in [5.41, 5.74) is 7.81. The van der Waals surface area contributed by atoms with Crippen molar-refractivity contribution in [2.45, 2.75) is 25.8 Å². The van der Waals surface area contributed by atoms with Crippen molar-refractivity contribution in [3.05, 3.63) is 10.3 Å². The summed E-state index contributed by atoms with van der Waals surface area (Å²) < 4.78 is 2.80. The van der Waals surface area contributed by atoms with Crippen LogP contribution in [0.5, 0.6) is 0 Å². The molecule has 1 aliphatic heterocycles. The first-order valence-electron chi connectivity index (χ1n) is 3.79. The Morgan fingerprint density at radius 3 is 3.00 bits per heavy atom. The van der Waals surface area contributed by atoms with Gasteiger partial charge in [-0.3, -0.25) is 4.68 Å². The molecule has 2 N–H and O–H groups in total. The van der Waals surface area contributed by atoms with Gasteiger partial charge in [0.1, 0.15) is 0 Å². The van der Waals surface area contributed by atoms with Crippen LogP contribution in [0.25, 0.3) is 0 Å². The molecule has 1 aromatic heterocycles. The summed E-state index contributed by atoms with van der Waals surface area (Å²) in [5.74, 6) is 0. The van der Waals surface area contributed by atoms with Gasteiger partial charge in [0.05, 0.1) is 11.4 Å². The first kappa shape index (κ1) is 7.16. The monoisotopic (exact) mass is 215 g/mol. The molecule has 0 atom stereocenters. The predicted octanol–water partition coefficient (Wildman–Crippen LogP) is 1.56. The summed E-state index contributed by atoms with van der Waals surface area (Å²) in [5, 5.41) is 4.26. The third kappa shape index (κ3) is 1.05. The fourth-order valence-electron chi connectivity index (χ4n) is 1.48. The standard InChI is InChI=1S/C7H10BrN3/c8-7-6(9)5-3-1-2-4-11(5)10-7/h1-4,9H2. The molecule has 0 aromatic carbocycles. The summed E-state index contributed by atoms with van der Waals surface area (Å²) in [6.45, 7) is 1.02. The molecule has 0 saturated heterocycles. The second-order valence-electron chi connectivity index (χ2n) is 2.83. The highest BCUT2D eigenvalue weighted by atomic mass is 79.9. The Balaban J connectivity index is 2.50. The van der Waals surface area contributed by atoms with Crippen molar-refractivity contribution in [3.8, 4) is 0 Å². The zero-order valence-corrected chi connectivity index (χ0v) is 7.76. The summed E-state index contributed by atoms with van der Waals surface area (Å²) in [6.07, 6.45) is 3.54. The summed E-state index contributed by atoms with van der Waals surface area (Å²) in [7, 11) is 0. The highest BCUT2D eigenvalue weighted by Crippen LogP contribution is 2.26. The van der Waals surface area contributed by atoms with Crippen molar-refractivity contribution in [1.29, 1.82) is 0 Å². The van der Waals surface area contributed by atoms with Crippen molar-refractivity contribution in [2.75, 3.05) is 5.73 Å². The van der Waals surface area contributed by atoms with Crippen molar-refractivity contribution >= 4 is 21.6 Å². The smallest absolute Gasteiger partial charge is 0.151 e. The van der Waals surface area contributed by atoms with Gasteiger partial charge in [-0.15, -0.1) is 0 Å². The van der Waals surface area contributed by atoms with Crippen LogP contribution in [0.1, 0.15) is 18.5 Å². The minimum Gasteiger partial charge on any atom is -0.395 e. The van der Waals surface area contributed by atoms with Crippen molar-refractivity contribution in [2.24, 2.45) is 0 Å². The van der Waals surface area contributed by atoms with E-state index in [1.165, 1.54) is 18.5 Å². The molecule has 0 amide bonds. The van der Waals surface area contributed by atoms with Crippen LogP contribution in [0.4, 0.5) is 5.69 Å². The molecular weight excluding hydrogens is 206 g/mol. The van der Waals surface area contributed by atoms with E-state index in [0.29, 0.717) is 0 Å². The summed E-state index contributed by atoms with van der Waals surface area (Å²) in [4.78, 5) is 0. The Bertz CT molecular complexity index is 279. The minimum atomic E-state index is 0.800. The van der Waals surface area contributed by atoms with E-state index in [9.17, 15) is 0 Å². The number of hydrogen-bond donors (Lipinski definition) is 1. The van der Waals surface area contributed by atoms with Crippen molar-refractivity contribution in [1.82, 2.24) is 9.78 Å². The molecule has 1 aromatic rings. The molecule has 4 heteroatoms. The van der Waals surface area contributed by atoms with E-state index in [1.54, 1.807) is 0 Å². The summed E-state index contributed by atoms with van der Waals surface area (Å²) in [6, 6.07) is 0. The lowest BCUT2D eigenvalue weighted by Gasteiger charge is -2.12. The molecule has 2 rings (SSSR count). The Labute approximate surface area is 73.7 Å². The van der Waals surface area contributed by atoms with E-state index < -0.39 is 0 Å². The number of halogens is 1. The highest BCUT2D eigenvalue weighted by molar-refractivity contribution is 9.10. The number of aryl methyl sites for hydroxylation is 1. The van der Waals surface area contributed by atoms with E-state index >= 15 is 0 Å². The van der Waals surface area contributed by atoms with Gasteiger partial charge < -0.3 is 5.73 Å². The van der Waals surface area contributed by atoms with Gasteiger partial charge in [0, 0.05) is 6.54 Å². The van der Waals surface area contributed by atoms with Crippen LogP contribution in [0.3, 0.4) is 0 Å². The second-order valence-corrected chi connectivity index (χ2v) is 3.58. The Morgan fingerprint density at radius 1 is 1.45 bits per heavy atom. The van der Waals surface area contributed by atoms with Gasteiger partial charge in [-0.2, -0.15) is 5.10 Å². The zero-order valence-electron chi connectivity index (χ0n) is 6.18. The quantitative estimate of drug-likeness (QED) is 0.715. The van der Waals surface area contributed by atoms with Crippen LogP contribution in [0.15, 0.2) is 4.60 Å². The number of nitrogens with zero attached hydrogens (tertiary/aromatic N) is 2. The number of aromatic nitrogens is 2. The molecule has 0 radical (unpaired) electrons. The average Bonchev–Trinajstić information content (AvgIpc) is 2.30. The maximum absolute atomic E-state index is 5.79. The zero-order chi connectivity index (χ0) is 7.84. The van der Waals surface area contributed by atoms with Crippen LogP contribution < -0.4 is 5.73 Å². The lowest BCUT2D eigenvalue weighted by atomic mass is 10.1. The van der Waals surface area contributed by atoms with E-state index in [4.69, 9.17) is 5.73 Å². The molecule has 3 nitrogen and oxygen atoms in total. The van der Waals surface area contributed by atoms with Gasteiger partial charge in [-0.1, -0.05) is 0 Å². The van der Waals surface area contributed by atoms with Crippen LogP contribution >= 0.6 is 15.9 Å². The number of hydrogen-bond acceptors (Lipinski definition) is 2. The topological polar surface area (TPSA) is 43.8 Å². The molecule has 11 heavy (non-hydrogen) atoms. The fraction of sp³-hybridized carbons (Fsp3) is 0.571. The molecule has 0 fully saturated rings. The van der Waals surface area contributed by atoms with E-state index in [1.807, 2.05) is 4.68 Å². The van der Waals surface area contributed by atoms with Gasteiger partial charge in [-0.05, 0) is 35.2 Å². The third-order valence-corrected chi connectivity index (χ3v) is 2.67. The Morgan fingerprint density at radius 2 is 2.27 bits per heavy atom. The molecule has 60 valence electrons. The molecule has 2 heterocycles. The van der Waals surface area contributed by atoms with Gasteiger partial charge in [0.2, 0.25) is 0 Å². The molecule has 0 aliphatic carbocycles. The van der Waals surface area contributed by atoms with Crippen LogP contribution in [-0.4, -0.2) is 9.78 Å². The predicted molar refractivity (Wildman–Crippen MR) is 47.3 cm³/mol. The number of fused-ring (bicyclic) bond motifs is 1. The van der Waals surface area contributed by atoms with Gasteiger partial charge in [-0.25, -0.2) is 0 Å². The van der Waals surface area contributed by atoms with E-state index in [-0.39, 0.29) is 0 Å². The maximum atomic E-state index is 5.79. The van der Waals surface area contributed by atoms with Crippen molar-refractivity contribution < 1.29 is 0 Å². The Hall–Kier alpha value is -0.510. The van der Waals surface area contributed by atoms with Gasteiger partial charge in [0.25, 0.3) is 0 Å².